The van der Waals surface area contributed by atoms with E-state index in [1.165, 1.54) is 0 Å². The van der Waals surface area contributed by atoms with E-state index in [1.54, 1.807) is 13.1 Å². The summed E-state index contributed by atoms with van der Waals surface area (Å²) in [6.07, 6.45) is 2.00. The third kappa shape index (κ3) is 2.91. The molecule has 24 heavy (non-hydrogen) atoms. The van der Waals surface area contributed by atoms with E-state index in [0.717, 1.165) is 22.2 Å². The van der Waals surface area contributed by atoms with Crippen LogP contribution in [0.3, 0.4) is 0 Å². The van der Waals surface area contributed by atoms with Crippen molar-refractivity contribution in [2.75, 3.05) is 13.2 Å². The summed E-state index contributed by atoms with van der Waals surface area (Å²) in [5.41, 5.74) is 2.67. The van der Waals surface area contributed by atoms with Crippen LogP contribution in [0.25, 0.3) is 10.9 Å². The molecule has 2 N–H and O–H groups in total. The van der Waals surface area contributed by atoms with Crippen LogP contribution in [0.5, 0.6) is 0 Å². The van der Waals surface area contributed by atoms with Crippen molar-refractivity contribution >= 4 is 29.0 Å². The second-order valence-electron chi connectivity index (χ2n) is 5.71. The molecule has 0 spiro atoms. The van der Waals surface area contributed by atoms with Crippen LogP contribution in [0.1, 0.15) is 31.0 Å². The number of aliphatic imine (C=N–C) groups is 1. The molecule has 1 aromatic carbocycles. The second-order valence-corrected chi connectivity index (χ2v) is 5.71. The summed E-state index contributed by atoms with van der Waals surface area (Å²) in [6, 6.07) is 7.30. The number of benzene rings is 1. The average Bonchev–Trinajstić information content (AvgIpc) is 2.81. The molecule has 2 unspecified atom stereocenters. The molecule has 0 bridgehead atoms. The number of nitrogens with zero attached hydrogens (tertiary/aromatic N) is 1. The minimum Gasteiger partial charge on any atom is -0.465 e. The minimum atomic E-state index is -0.619. The summed E-state index contributed by atoms with van der Waals surface area (Å²) < 4.78 is 5.18. The van der Waals surface area contributed by atoms with Crippen molar-refractivity contribution in [3.05, 3.63) is 35.5 Å². The van der Waals surface area contributed by atoms with E-state index in [1.807, 2.05) is 31.2 Å². The minimum absolute atomic E-state index is 0.130. The van der Waals surface area contributed by atoms with Crippen LogP contribution in [0.2, 0.25) is 0 Å². The Bertz CT molecular complexity index is 794. The molecule has 0 saturated carbocycles. The maximum atomic E-state index is 12.4. The fourth-order valence-corrected chi connectivity index (χ4v) is 3.08. The monoisotopic (exact) mass is 327 g/mol. The van der Waals surface area contributed by atoms with Crippen LogP contribution in [0.15, 0.2) is 29.3 Å². The summed E-state index contributed by atoms with van der Waals surface area (Å²) >= 11 is 0. The molecule has 6 heteroatoms. The normalized spacial score (nSPS) is 19.6. The lowest BCUT2D eigenvalue weighted by Gasteiger charge is -2.11. The number of rotatable bonds is 4. The SMILES string of the molecule is CCNC(=O)C1Cc2c([nH]c3ccccc23)C(C(=O)OCC)C=N1. The summed E-state index contributed by atoms with van der Waals surface area (Å²) in [5, 5.41) is 3.82. The van der Waals surface area contributed by atoms with Crippen molar-refractivity contribution in [1.82, 2.24) is 10.3 Å². The topological polar surface area (TPSA) is 83.5 Å². The molecule has 0 radical (unpaired) electrons. The van der Waals surface area contributed by atoms with E-state index >= 15 is 0 Å². The zero-order valence-electron chi connectivity index (χ0n) is 13.8. The van der Waals surface area contributed by atoms with Crippen LogP contribution in [-0.2, 0) is 20.7 Å². The first-order chi connectivity index (χ1) is 11.7. The fraction of sp³-hybridized carbons (Fsp3) is 0.389. The number of hydrogen-bond acceptors (Lipinski definition) is 4. The number of H-pyrrole nitrogens is 1. The Kier molecular flexibility index (Phi) is 4.64. The Balaban J connectivity index is 2.08. The highest BCUT2D eigenvalue weighted by Crippen LogP contribution is 2.31. The lowest BCUT2D eigenvalue weighted by molar-refractivity contribution is -0.143. The molecule has 1 aromatic heterocycles. The molecule has 2 atom stereocenters. The number of ether oxygens (including phenoxy) is 1. The van der Waals surface area contributed by atoms with E-state index in [2.05, 4.69) is 15.3 Å². The first-order valence-electron chi connectivity index (χ1n) is 8.22. The number of likely N-dealkylation sites (N-methyl/N-ethyl adjacent to an activating group) is 1. The highest BCUT2D eigenvalue weighted by atomic mass is 16.5. The third-order valence-corrected chi connectivity index (χ3v) is 4.16. The van der Waals surface area contributed by atoms with E-state index in [0.29, 0.717) is 19.6 Å². The van der Waals surface area contributed by atoms with Crippen LogP contribution >= 0.6 is 0 Å². The molecule has 1 aliphatic heterocycles. The van der Waals surface area contributed by atoms with Crippen molar-refractivity contribution in [2.45, 2.75) is 32.2 Å². The zero-order valence-corrected chi connectivity index (χ0v) is 13.8. The molecule has 0 fully saturated rings. The number of esters is 1. The number of nitrogens with one attached hydrogen (secondary N) is 2. The van der Waals surface area contributed by atoms with Crippen LogP contribution < -0.4 is 5.32 Å². The van der Waals surface area contributed by atoms with Crippen molar-refractivity contribution < 1.29 is 14.3 Å². The third-order valence-electron chi connectivity index (χ3n) is 4.16. The van der Waals surface area contributed by atoms with Gasteiger partial charge in [0, 0.05) is 35.8 Å². The molecule has 0 aliphatic carbocycles. The van der Waals surface area contributed by atoms with Gasteiger partial charge in [-0.25, -0.2) is 0 Å². The van der Waals surface area contributed by atoms with Gasteiger partial charge in [-0.2, -0.15) is 0 Å². The van der Waals surface area contributed by atoms with Crippen molar-refractivity contribution in [1.29, 1.82) is 0 Å². The van der Waals surface area contributed by atoms with Gasteiger partial charge in [-0.05, 0) is 25.5 Å². The number of hydrogen-bond donors (Lipinski definition) is 2. The van der Waals surface area contributed by atoms with Gasteiger partial charge in [0.1, 0.15) is 12.0 Å². The summed E-state index contributed by atoms with van der Waals surface area (Å²) in [7, 11) is 0. The standard InChI is InChI=1S/C18H21N3O3/c1-3-19-17(22)15-9-12-11-7-5-6-8-14(11)21-16(12)13(10-20-15)18(23)24-4-2/h5-8,10,13,15,21H,3-4,9H2,1-2H3,(H,19,22). The molecular weight excluding hydrogens is 306 g/mol. The Labute approximate surface area is 140 Å². The van der Waals surface area contributed by atoms with E-state index in [4.69, 9.17) is 4.74 Å². The molecule has 1 aliphatic rings. The highest BCUT2D eigenvalue weighted by molar-refractivity contribution is 6.00. The van der Waals surface area contributed by atoms with Gasteiger partial charge in [-0.1, -0.05) is 18.2 Å². The zero-order chi connectivity index (χ0) is 17.1. The molecule has 2 heterocycles. The number of fused-ring (bicyclic) bond motifs is 3. The van der Waals surface area contributed by atoms with Gasteiger partial charge in [0.05, 0.1) is 6.61 Å². The van der Waals surface area contributed by atoms with Gasteiger partial charge < -0.3 is 15.0 Å². The number of aromatic amines is 1. The van der Waals surface area contributed by atoms with Gasteiger partial charge in [-0.3, -0.25) is 14.6 Å². The Morgan fingerprint density at radius 2 is 2.12 bits per heavy atom. The smallest absolute Gasteiger partial charge is 0.320 e. The number of carbonyl (C=O) groups excluding carboxylic acids is 2. The summed E-state index contributed by atoms with van der Waals surface area (Å²) in [4.78, 5) is 32.3. The number of aromatic nitrogens is 1. The van der Waals surface area contributed by atoms with Crippen LogP contribution in [0.4, 0.5) is 0 Å². The van der Waals surface area contributed by atoms with E-state index in [-0.39, 0.29) is 11.9 Å². The summed E-state index contributed by atoms with van der Waals surface area (Å²) in [6.45, 7) is 4.50. The maximum absolute atomic E-state index is 12.4. The van der Waals surface area contributed by atoms with Gasteiger partial charge in [0.2, 0.25) is 5.91 Å². The first kappa shape index (κ1) is 16.2. The lowest BCUT2D eigenvalue weighted by atomic mass is 9.98. The molecule has 2 aromatic rings. The largest absolute Gasteiger partial charge is 0.465 e. The quantitative estimate of drug-likeness (QED) is 0.842. The van der Waals surface area contributed by atoms with Crippen LogP contribution in [-0.4, -0.2) is 42.3 Å². The maximum Gasteiger partial charge on any atom is 0.320 e. The fourth-order valence-electron chi connectivity index (χ4n) is 3.08. The Morgan fingerprint density at radius 3 is 2.88 bits per heavy atom. The average molecular weight is 327 g/mol. The highest BCUT2D eigenvalue weighted by Gasteiger charge is 2.31. The number of amides is 1. The molecule has 1 amide bonds. The van der Waals surface area contributed by atoms with Gasteiger partial charge in [0.25, 0.3) is 0 Å². The van der Waals surface area contributed by atoms with Gasteiger partial charge >= 0.3 is 5.97 Å². The predicted octanol–water partition coefficient (Wildman–Crippen LogP) is 1.95. The molecule has 3 rings (SSSR count). The van der Waals surface area contributed by atoms with E-state index < -0.39 is 12.0 Å². The molecule has 6 nitrogen and oxygen atoms in total. The second kappa shape index (κ2) is 6.86. The van der Waals surface area contributed by atoms with Gasteiger partial charge in [-0.15, -0.1) is 0 Å². The molecular formula is C18H21N3O3. The summed E-state index contributed by atoms with van der Waals surface area (Å²) in [5.74, 6) is -1.10. The van der Waals surface area contributed by atoms with Gasteiger partial charge in [0.15, 0.2) is 0 Å². The number of para-hydroxylation sites is 1. The first-order valence-corrected chi connectivity index (χ1v) is 8.22. The predicted molar refractivity (Wildman–Crippen MR) is 92.3 cm³/mol. The lowest BCUT2D eigenvalue weighted by Crippen LogP contribution is -2.34. The molecule has 0 saturated heterocycles. The number of carbonyl (C=O) groups is 2. The van der Waals surface area contributed by atoms with E-state index in [9.17, 15) is 9.59 Å². The van der Waals surface area contributed by atoms with Crippen molar-refractivity contribution in [3.8, 4) is 0 Å². The van der Waals surface area contributed by atoms with Crippen LogP contribution in [0, 0.1) is 0 Å². The van der Waals surface area contributed by atoms with Crippen molar-refractivity contribution in [3.63, 3.8) is 0 Å². The Morgan fingerprint density at radius 1 is 1.33 bits per heavy atom. The Hall–Kier alpha value is -2.63. The molecule has 126 valence electrons. The van der Waals surface area contributed by atoms with Crippen molar-refractivity contribution in [2.24, 2.45) is 4.99 Å².